The molecule has 1 atom stereocenters. The van der Waals surface area contributed by atoms with Crippen molar-refractivity contribution in [2.45, 2.75) is 32.7 Å². The lowest BCUT2D eigenvalue weighted by molar-refractivity contribution is -0.134. The van der Waals surface area contributed by atoms with E-state index in [9.17, 15) is 4.79 Å². The van der Waals surface area contributed by atoms with E-state index < -0.39 is 0 Å². The van der Waals surface area contributed by atoms with E-state index in [1.54, 1.807) is 7.11 Å². The highest BCUT2D eigenvalue weighted by Crippen LogP contribution is 2.34. The first-order chi connectivity index (χ1) is 16.5. The van der Waals surface area contributed by atoms with Crippen LogP contribution in [-0.2, 0) is 4.79 Å². The third-order valence-electron chi connectivity index (χ3n) is 6.23. The minimum atomic E-state index is -0.258. The molecule has 0 spiro atoms. The first-order valence-corrected chi connectivity index (χ1v) is 11.7. The summed E-state index contributed by atoms with van der Waals surface area (Å²) in [6, 6.07) is 23.8. The minimum absolute atomic E-state index is 0.0239. The molecule has 3 aromatic carbocycles. The fourth-order valence-corrected chi connectivity index (χ4v) is 4.31. The van der Waals surface area contributed by atoms with Gasteiger partial charge in [-0.15, -0.1) is 0 Å². The Morgan fingerprint density at radius 3 is 2.21 bits per heavy atom. The predicted octanol–water partition coefficient (Wildman–Crippen LogP) is 6.32. The molecule has 1 aromatic heterocycles. The van der Waals surface area contributed by atoms with Crippen LogP contribution in [0, 0.1) is 0 Å². The molecule has 0 aliphatic rings. The number of H-pyrrole nitrogens is 1. The average molecular weight is 457 g/mol. The maximum absolute atomic E-state index is 13.5. The number of methoxy groups -OCH3 is 1. The molecule has 0 radical (unpaired) electrons. The van der Waals surface area contributed by atoms with E-state index in [4.69, 9.17) is 9.47 Å². The van der Waals surface area contributed by atoms with Crippen LogP contribution in [0.2, 0.25) is 0 Å². The predicted molar refractivity (Wildman–Crippen MR) is 137 cm³/mol. The Kier molecular flexibility index (Phi) is 7.21. The van der Waals surface area contributed by atoms with E-state index >= 15 is 0 Å². The fraction of sp³-hybridized carbons (Fsp3) is 0.276. The molecular formula is C29H32N2O3. The zero-order valence-corrected chi connectivity index (χ0v) is 20.2. The van der Waals surface area contributed by atoms with Gasteiger partial charge in [0.2, 0.25) is 0 Å². The lowest BCUT2D eigenvalue weighted by Gasteiger charge is -2.31. The number of para-hydroxylation sites is 1. The monoisotopic (exact) mass is 456 g/mol. The molecule has 1 heterocycles. The molecule has 34 heavy (non-hydrogen) atoms. The van der Waals surface area contributed by atoms with Crippen LogP contribution in [0.15, 0.2) is 79.0 Å². The highest BCUT2D eigenvalue weighted by Gasteiger charge is 2.28. The number of carbonyl (C=O) groups excluding carboxylic acids is 1. The van der Waals surface area contributed by atoms with Crippen molar-refractivity contribution in [3.63, 3.8) is 0 Å². The third kappa shape index (κ3) is 4.93. The summed E-state index contributed by atoms with van der Waals surface area (Å²) in [7, 11) is 1.65. The van der Waals surface area contributed by atoms with Crippen molar-refractivity contribution < 1.29 is 14.3 Å². The Morgan fingerprint density at radius 1 is 0.912 bits per heavy atom. The smallest absolute Gasteiger partial charge is 0.261 e. The van der Waals surface area contributed by atoms with Gasteiger partial charge in [-0.1, -0.05) is 56.3 Å². The first kappa shape index (κ1) is 23.4. The molecule has 0 bridgehead atoms. The zero-order valence-electron chi connectivity index (χ0n) is 20.2. The van der Waals surface area contributed by atoms with Crippen molar-refractivity contribution in [1.29, 1.82) is 0 Å². The van der Waals surface area contributed by atoms with Crippen LogP contribution in [0.3, 0.4) is 0 Å². The van der Waals surface area contributed by atoms with Gasteiger partial charge in [0.1, 0.15) is 11.5 Å². The summed E-state index contributed by atoms with van der Waals surface area (Å²) in [6.07, 6.45) is 2.00. The van der Waals surface area contributed by atoms with Crippen molar-refractivity contribution in [3.8, 4) is 11.5 Å². The summed E-state index contributed by atoms with van der Waals surface area (Å²) in [5.41, 5.74) is 4.35. The normalized spacial score (nSPS) is 12.0. The van der Waals surface area contributed by atoms with Gasteiger partial charge in [0.05, 0.1) is 13.2 Å². The van der Waals surface area contributed by atoms with Crippen LogP contribution in [0.1, 0.15) is 49.4 Å². The summed E-state index contributed by atoms with van der Waals surface area (Å²) in [4.78, 5) is 18.7. The summed E-state index contributed by atoms with van der Waals surface area (Å²) >= 11 is 0. The van der Waals surface area contributed by atoms with Crippen LogP contribution in [0.5, 0.6) is 11.5 Å². The molecule has 0 aliphatic heterocycles. The molecule has 1 amide bonds. The number of aromatic amines is 1. The van der Waals surface area contributed by atoms with E-state index in [1.807, 2.05) is 84.8 Å². The van der Waals surface area contributed by atoms with E-state index in [0.717, 1.165) is 27.8 Å². The number of aromatic nitrogens is 1. The van der Waals surface area contributed by atoms with Crippen molar-refractivity contribution in [3.05, 3.63) is 95.7 Å². The Hall–Kier alpha value is -3.73. The van der Waals surface area contributed by atoms with Gasteiger partial charge in [-0.25, -0.2) is 0 Å². The summed E-state index contributed by atoms with van der Waals surface area (Å²) in [5.74, 6) is 1.86. The van der Waals surface area contributed by atoms with Gasteiger partial charge in [-0.2, -0.15) is 0 Å². The maximum atomic E-state index is 13.5. The molecular weight excluding hydrogens is 424 g/mol. The van der Waals surface area contributed by atoms with E-state index in [-0.39, 0.29) is 18.6 Å². The standard InChI is InChI=1S/C29H32N2O3/c1-5-31(28(32)19-34-24-16-10-21(11-17-24)20(2)3)29(22-12-14-23(33-4)15-13-22)26-18-30-27-9-7-6-8-25(26)27/h6-18,20,29-30H,5,19H2,1-4H3. The quantitative estimate of drug-likeness (QED) is 0.321. The van der Waals surface area contributed by atoms with Gasteiger partial charge in [0.25, 0.3) is 5.91 Å². The van der Waals surface area contributed by atoms with Crippen molar-refractivity contribution in [2.75, 3.05) is 20.3 Å². The van der Waals surface area contributed by atoms with Gasteiger partial charge in [-0.05, 0) is 54.3 Å². The molecule has 1 N–H and O–H groups in total. The number of amides is 1. The lowest BCUT2D eigenvalue weighted by Crippen LogP contribution is -2.38. The van der Waals surface area contributed by atoms with Gasteiger partial charge in [-0.3, -0.25) is 4.79 Å². The number of nitrogens with one attached hydrogen (secondary N) is 1. The van der Waals surface area contributed by atoms with Crippen molar-refractivity contribution in [1.82, 2.24) is 9.88 Å². The molecule has 4 aromatic rings. The van der Waals surface area contributed by atoms with E-state index in [0.29, 0.717) is 18.2 Å². The molecule has 1 unspecified atom stereocenters. The van der Waals surface area contributed by atoms with Crippen LogP contribution < -0.4 is 9.47 Å². The number of hydrogen-bond acceptors (Lipinski definition) is 3. The van der Waals surface area contributed by atoms with Crippen molar-refractivity contribution >= 4 is 16.8 Å². The zero-order chi connectivity index (χ0) is 24.1. The largest absolute Gasteiger partial charge is 0.497 e. The Morgan fingerprint density at radius 2 is 1.56 bits per heavy atom. The third-order valence-corrected chi connectivity index (χ3v) is 6.23. The number of ether oxygens (including phenoxy) is 2. The minimum Gasteiger partial charge on any atom is -0.497 e. The number of hydrogen-bond donors (Lipinski definition) is 1. The van der Waals surface area contributed by atoms with E-state index in [2.05, 4.69) is 24.9 Å². The fourth-order valence-electron chi connectivity index (χ4n) is 4.31. The summed E-state index contributed by atoms with van der Waals surface area (Å²) < 4.78 is 11.2. The van der Waals surface area contributed by atoms with Crippen LogP contribution >= 0.6 is 0 Å². The summed E-state index contributed by atoms with van der Waals surface area (Å²) in [6.45, 7) is 6.83. The molecule has 0 saturated heterocycles. The van der Waals surface area contributed by atoms with Gasteiger partial charge in [0, 0.05) is 29.2 Å². The second kappa shape index (κ2) is 10.5. The second-order valence-electron chi connectivity index (χ2n) is 8.66. The molecule has 4 rings (SSSR count). The lowest BCUT2D eigenvalue weighted by atomic mass is 9.96. The summed E-state index contributed by atoms with van der Waals surface area (Å²) in [5, 5.41) is 1.10. The number of rotatable bonds is 9. The van der Waals surface area contributed by atoms with Crippen LogP contribution in [0.25, 0.3) is 10.9 Å². The highest BCUT2D eigenvalue weighted by molar-refractivity contribution is 5.86. The Bertz CT molecular complexity index is 1230. The number of carbonyl (C=O) groups is 1. The highest BCUT2D eigenvalue weighted by atomic mass is 16.5. The van der Waals surface area contributed by atoms with Crippen LogP contribution in [-0.4, -0.2) is 36.1 Å². The van der Waals surface area contributed by atoms with E-state index in [1.165, 1.54) is 5.56 Å². The first-order valence-electron chi connectivity index (χ1n) is 11.7. The number of fused-ring (bicyclic) bond motifs is 1. The molecule has 0 fully saturated rings. The van der Waals surface area contributed by atoms with Gasteiger partial charge < -0.3 is 19.4 Å². The van der Waals surface area contributed by atoms with Gasteiger partial charge >= 0.3 is 0 Å². The molecule has 176 valence electrons. The molecule has 5 nitrogen and oxygen atoms in total. The van der Waals surface area contributed by atoms with Gasteiger partial charge in [0.15, 0.2) is 6.61 Å². The van der Waals surface area contributed by atoms with Crippen LogP contribution in [0.4, 0.5) is 0 Å². The maximum Gasteiger partial charge on any atom is 0.261 e. The van der Waals surface area contributed by atoms with Crippen molar-refractivity contribution in [2.24, 2.45) is 0 Å². The second-order valence-corrected chi connectivity index (χ2v) is 8.66. The number of benzene rings is 3. The molecule has 5 heteroatoms. The average Bonchev–Trinajstić information content (AvgIpc) is 3.30. The number of likely N-dealkylation sites (N-methyl/N-ethyl adjacent to an activating group) is 1. The number of nitrogens with zero attached hydrogens (tertiary/aromatic N) is 1. The molecule has 0 saturated carbocycles. The Balaban J connectivity index is 1.63. The molecule has 0 aliphatic carbocycles. The topological polar surface area (TPSA) is 54.6 Å². The SMILES string of the molecule is CCN(C(=O)COc1ccc(C(C)C)cc1)C(c1ccc(OC)cc1)c1c[nH]c2ccccc12. The Labute approximate surface area is 201 Å².